The molecule has 1 aromatic rings. The standard InChI is InChI=1S/C20H26F3N3O3.ClH/c1-12(2)16(24)19(29)26-10-6-9-15(26)18(28)25-14(17(27)20(21,22)23)11-13-7-4-3-5-8-13;/h3-5,7-8,12,14-16H,6,9-11,24H2,1-2H3,(H,25,28);1H/t14-,15-,16-;/m0./s1. The molecule has 0 unspecified atom stereocenters. The van der Waals surface area contributed by atoms with Crippen molar-refractivity contribution in [3.05, 3.63) is 35.9 Å². The molecular formula is C20H27ClF3N3O3. The van der Waals surface area contributed by atoms with E-state index in [1.807, 2.05) is 0 Å². The summed E-state index contributed by atoms with van der Waals surface area (Å²) >= 11 is 0. The van der Waals surface area contributed by atoms with Gasteiger partial charge in [0.1, 0.15) is 12.1 Å². The third kappa shape index (κ3) is 6.43. The average Bonchev–Trinajstić information content (AvgIpc) is 3.15. The summed E-state index contributed by atoms with van der Waals surface area (Å²) < 4.78 is 39.1. The van der Waals surface area contributed by atoms with Gasteiger partial charge in [0.25, 0.3) is 5.78 Å². The van der Waals surface area contributed by atoms with Crippen LogP contribution in [0.4, 0.5) is 13.2 Å². The topological polar surface area (TPSA) is 92.5 Å². The molecule has 1 aromatic carbocycles. The summed E-state index contributed by atoms with van der Waals surface area (Å²) in [4.78, 5) is 38.5. The van der Waals surface area contributed by atoms with Crippen LogP contribution in [-0.4, -0.2) is 53.3 Å². The fourth-order valence-electron chi connectivity index (χ4n) is 3.30. The van der Waals surface area contributed by atoms with Crippen LogP contribution in [0.5, 0.6) is 0 Å². The number of rotatable bonds is 7. The summed E-state index contributed by atoms with van der Waals surface area (Å²) in [6, 6.07) is 4.62. The van der Waals surface area contributed by atoms with Crippen molar-refractivity contribution >= 4 is 30.0 Å². The zero-order chi connectivity index (χ0) is 21.8. The molecule has 2 rings (SSSR count). The number of Topliss-reactive ketones (excluding diaryl/α,β-unsaturated/α-hetero) is 1. The van der Waals surface area contributed by atoms with E-state index >= 15 is 0 Å². The summed E-state index contributed by atoms with van der Waals surface area (Å²) in [5, 5.41) is 2.22. The van der Waals surface area contributed by atoms with Crippen LogP contribution in [0.25, 0.3) is 0 Å². The summed E-state index contributed by atoms with van der Waals surface area (Å²) in [5.41, 5.74) is 6.37. The molecule has 168 valence electrons. The third-order valence-electron chi connectivity index (χ3n) is 5.04. The molecule has 6 nitrogen and oxygen atoms in total. The van der Waals surface area contributed by atoms with E-state index in [0.717, 1.165) is 0 Å². The number of nitrogens with one attached hydrogen (secondary N) is 1. The van der Waals surface area contributed by atoms with Gasteiger partial charge in [0.15, 0.2) is 0 Å². The smallest absolute Gasteiger partial charge is 0.344 e. The van der Waals surface area contributed by atoms with Gasteiger partial charge in [-0.3, -0.25) is 14.4 Å². The number of nitrogens with zero attached hydrogens (tertiary/aromatic N) is 1. The molecule has 0 aromatic heterocycles. The van der Waals surface area contributed by atoms with Gasteiger partial charge in [-0.25, -0.2) is 0 Å². The Balaban J connectivity index is 0.00000450. The van der Waals surface area contributed by atoms with Crippen molar-refractivity contribution in [2.75, 3.05) is 6.54 Å². The van der Waals surface area contributed by atoms with Crippen molar-refractivity contribution in [2.24, 2.45) is 11.7 Å². The molecule has 30 heavy (non-hydrogen) atoms. The van der Waals surface area contributed by atoms with Crippen molar-refractivity contribution in [1.82, 2.24) is 10.2 Å². The lowest BCUT2D eigenvalue weighted by atomic mass is 10.0. The zero-order valence-corrected chi connectivity index (χ0v) is 17.6. The van der Waals surface area contributed by atoms with Crippen LogP contribution in [0.3, 0.4) is 0 Å². The fourth-order valence-corrected chi connectivity index (χ4v) is 3.30. The minimum absolute atomic E-state index is 0. The van der Waals surface area contributed by atoms with E-state index in [1.54, 1.807) is 44.2 Å². The highest BCUT2D eigenvalue weighted by Gasteiger charge is 2.45. The first-order chi connectivity index (χ1) is 13.5. The molecule has 1 aliphatic heterocycles. The van der Waals surface area contributed by atoms with Gasteiger partial charge in [-0.1, -0.05) is 44.2 Å². The maximum absolute atomic E-state index is 13.0. The molecule has 0 radical (unpaired) electrons. The number of carbonyl (C=O) groups is 3. The average molecular weight is 450 g/mol. The molecule has 0 aliphatic carbocycles. The molecule has 0 bridgehead atoms. The first-order valence-corrected chi connectivity index (χ1v) is 9.53. The molecule has 3 N–H and O–H groups in total. The van der Waals surface area contributed by atoms with Crippen molar-refractivity contribution < 1.29 is 27.6 Å². The predicted molar refractivity (Wildman–Crippen MR) is 108 cm³/mol. The Labute approximate surface area is 179 Å². The van der Waals surface area contributed by atoms with Crippen LogP contribution in [0.1, 0.15) is 32.3 Å². The zero-order valence-electron chi connectivity index (χ0n) is 16.8. The highest BCUT2D eigenvalue weighted by atomic mass is 35.5. The molecule has 2 amide bonds. The Hall–Kier alpha value is -2.13. The molecule has 10 heteroatoms. The van der Waals surface area contributed by atoms with Crippen molar-refractivity contribution in [2.45, 2.75) is 57.4 Å². The number of nitrogens with two attached hydrogens (primary N) is 1. The minimum atomic E-state index is -5.09. The van der Waals surface area contributed by atoms with Gasteiger partial charge in [-0.15, -0.1) is 12.4 Å². The van der Waals surface area contributed by atoms with Gasteiger partial charge in [-0.2, -0.15) is 13.2 Å². The Morgan fingerprint density at radius 1 is 1.20 bits per heavy atom. The van der Waals surface area contributed by atoms with E-state index in [2.05, 4.69) is 5.32 Å². The molecule has 0 spiro atoms. The van der Waals surface area contributed by atoms with Crippen LogP contribution in [-0.2, 0) is 20.8 Å². The summed E-state index contributed by atoms with van der Waals surface area (Å²) in [6.07, 6.45) is -4.54. The van der Waals surface area contributed by atoms with Gasteiger partial charge in [0, 0.05) is 13.0 Å². The minimum Gasteiger partial charge on any atom is -0.344 e. The second kappa shape index (κ2) is 10.8. The highest BCUT2D eigenvalue weighted by molar-refractivity contribution is 5.96. The first kappa shape index (κ1) is 25.9. The van der Waals surface area contributed by atoms with E-state index in [4.69, 9.17) is 5.73 Å². The largest absolute Gasteiger partial charge is 0.452 e. The number of likely N-dealkylation sites (tertiary alicyclic amines) is 1. The van der Waals surface area contributed by atoms with Crippen LogP contribution >= 0.6 is 12.4 Å². The normalized spacial score (nSPS) is 18.5. The van der Waals surface area contributed by atoms with E-state index in [1.165, 1.54) is 4.90 Å². The lowest BCUT2D eigenvalue weighted by Gasteiger charge is -2.29. The molecule has 0 saturated carbocycles. The quantitative estimate of drug-likeness (QED) is 0.667. The lowest BCUT2D eigenvalue weighted by molar-refractivity contribution is -0.173. The van der Waals surface area contributed by atoms with E-state index < -0.39 is 41.9 Å². The van der Waals surface area contributed by atoms with Gasteiger partial charge in [0.2, 0.25) is 11.8 Å². The van der Waals surface area contributed by atoms with Crippen molar-refractivity contribution in [1.29, 1.82) is 0 Å². The predicted octanol–water partition coefficient (Wildman–Crippen LogP) is 2.24. The van der Waals surface area contributed by atoms with E-state index in [-0.39, 0.29) is 24.7 Å². The Morgan fingerprint density at radius 3 is 2.33 bits per heavy atom. The molecule has 1 aliphatic rings. The van der Waals surface area contributed by atoms with Crippen LogP contribution in [0.15, 0.2) is 30.3 Å². The van der Waals surface area contributed by atoms with Gasteiger partial charge < -0.3 is 16.0 Å². The van der Waals surface area contributed by atoms with Gasteiger partial charge in [0.05, 0.1) is 6.04 Å². The Morgan fingerprint density at radius 2 is 1.80 bits per heavy atom. The maximum Gasteiger partial charge on any atom is 0.452 e. The third-order valence-corrected chi connectivity index (χ3v) is 5.04. The van der Waals surface area contributed by atoms with Crippen molar-refractivity contribution in [3.63, 3.8) is 0 Å². The number of alkyl halides is 3. The van der Waals surface area contributed by atoms with Crippen molar-refractivity contribution in [3.8, 4) is 0 Å². The van der Waals surface area contributed by atoms with Crippen LogP contribution in [0.2, 0.25) is 0 Å². The second-order valence-electron chi connectivity index (χ2n) is 7.57. The number of carbonyl (C=O) groups excluding carboxylic acids is 3. The molecule has 3 atom stereocenters. The first-order valence-electron chi connectivity index (χ1n) is 9.53. The number of halogens is 4. The maximum atomic E-state index is 13.0. The fraction of sp³-hybridized carbons (Fsp3) is 0.550. The number of hydrogen-bond acceptors (Lipinski definition) is 4. The molecular weight excluding hydrogens is 423 g/mol. The number of benzene rings is 1. The van der Waals surface area contributed by atoms with E-state index in [9.17, 15) is 27.6 Å². The highest BCUT2D eigenvalue weighted by Crippen LogP contribution is 2.23. The van der Waals surface area contributed by atoms with Gasteiger partial charge >= 0.3 is 6.18 Å². The lowest BCUT2D eigenvalue weighted by Crippen LogP contribution is -2.56. The number of hydrogen-bond donors (Lipinski definition) is 2. The van der Waals surface area contributed by atoms with E-state index in [0.29, 0.717) is 24.9 Å². The molecule has 1 fully saturated rings. The number of amides is 2. The monoisotopic (exact) mass is 449 g/mol. The second-order valence-corrected chi connectivity index (χ2v) is 7.57. The van der Waals surface area contributed by atoms with Gasteiger partial charge in [-0.05, 0) is 24.3 Å². The van der Waals surface area contributed by atoms with Crippen LogP contribution < -0.4 is 11.1 Å². The SMILES string of the molecule is CC(C)[C@H](N)C(=O)N1CCC[C@H]1C(=O)N[C@@H](Cc1ccccc1)C(=O)C(F)(F)F.Cl. The Bertz CT molecular complexity index is 744. The molecule has 1 saturated heterocycles. The number of ketones is 1. The summed E-state index contributed by atoms with van der Waals surface area (Å²) in [6.45, 7) is 3.84. The summed E-state index contributed by atoms with van der Waals surface area (Å²) in [7, 11) is 0. The van der Waals surface area contributed by atoms with Crippen LogP contribution in [0, 0.1) is 5.92 Å². The Kier molecular flexibility index (Phi) is 9.30. The molecule has 1 heterocycles. The summed E-state index contributed by atoms with van der Waals surface area (Å²) in [5.74, 6) is -3.36.